The molecule has 4 bridgehead atoms. The second kappa shape index (κ2) is 6.66. The lowest BCUT2D eigenvalue weighted by atomic mass is 9.82. The van der Waals surface area contributed by atoms with Crippen LogP contribution in [-0.4, -0.2) is 47.2 Å². The fourth-order valence-electron chi connectivity index (χ4n) is 7.10. The number of carbonyl (C=O) groups is 2. The summed E-state index contributed by atoms with van der Waals surface area (Å²) in [6.45, 7) is 0.284. The van der Waals surface area contributed by atoms with Crippen molar-refractivity contribution in [3.8, 4) is 5.75 Å². The molecule has 5 nitrogen and oxygen atoms in total. The molecule has 0 radical (unpaired) electrons. The van der Waals surface area contributed by atoms with Gasteiger partial charge in [-0.25, -0.2) is 13.6 Å². The van der Waals surface area contributed by atoms with Gasteiger partial charge in [0.05, 0.1) is 18.7 Å². The highest BCUT2D eigenvalue weighted by atomic mass is 19.1. The van der Waals surface area contributed by atoms with Crippen LogP contribution in [0.5, 0.6) is 5.75 Å². The van der Waals surface area contributed by atoms with Crippen molar-refractivity contribution >= 4 is 11.9 Å². The number of amides is 1. The van der Waals surface area contributed by atoms with Crippen molar-refractivity contribution in [2.24, 2.45) is 23.2 Å². The van der Waals surface area contributed by atoms with E-state index in [4.69, 9.17) is 4.74 Å². The zero-order valence-corrected chi connectivity index (χ0v) is 17.4. The van der Waals surface area contributed by atoms with E-state index in [9.17, 15) is 19.1 Å². The first-order valence-corrected chi connectivity index (χ1v) is 11.5. The fourth-order valence-corrected chi connectivity index (χ4v) is 7.10. The Morgan fingerprint density at radius 2 is 1.87 bits per heavy atom. The van der Waals surface area contributed by atoms with Gasteiger partial charge in [-0.15, -0.1) is 0 Å². The van der Waals surface area contributed by atoms with Gasteiger partial charge in [0.25, 0.3) is 5.91 Å². The Morgan fingerprint density at radius 1 is 1.16 bits per heavy atom. The van der Waals surface area contributed by atoms with Gasteiger partial charge in [-0.05, 0) is 73.8 Å². The van der Waals surface area contributed by atoms with Crippen LogP contribution in [0.4, 0.5) is 8.78 Å². The smallest absolute Gasteiger partial charge is 0.326 e. The number of aliphatic carboxylic acids is 1. The van der Waals surface area contributed by atoms with E-state index in [1.165, 1.54) is 37.8 Å². The number of benzene rings is 1. The summed E-state index contributed by atoms with van der Waals surface area (Å²) in [6.07, 6.45) is 5.30. The average Bonchev–Trinajstić information content (AvgIpc) is 3.02. The number of halogens is 2. The van der Waals surface area contributed by atoms with Crippen LogP contribution in [0, 0.1) is 29.0 Å². The first kappa shape index (κ1) is 19.5. The number of nitrogens with zero attached hydrogens (tertiary/aromatic N) is 1. The van der Waals surface area contributed by atoms with Crippen molar-refractivity contribution in [1.29, 1.82) is 0 Å². The molecule has 2 unspecified atom stereocenters. The minimum Gasteiger partial charge on any atom is -0.493 e. The summed E-state index contributed by atoms with van der Waals surface area (Å²) in [5.41, 5.74) is 0.877. The van der Waals surface area contributed by atoms with Crippen molar-refractivity contribution in [2.45, 2.75) is 63.1 Å². The Balaban J connectivity index is 1.26. The maximum absolute atomic E-state index is 15.0. The summed E-state index contributed by atoms with van der Waals surface area (Å²) in [5, 5.41) is 9.34. The first-order valence-electron chi connectivity index (χ1n) is 11.5. The van der Waals surface area contributed by atoms with Crippen molar-refractivity contribution < 1.29 is 28.2 Å². The van der Waals surface area contributed by atoms with Crippen LogP contribution < -0.4 is 4.74 Å². The highest BCUT2D eigenvalue weighted by Crippen LogP contribution is 2.70. The maximum Gasteiger partial charge on any atom is 0.326 e. The summed E-state index contributed by atoms with van der Waals surface area (Å²) >= 11 is 0. The van der Waals surface area contributed by atoms with Crippen LogP contribution in [0.25, 0.3) is 0 Å². The molecule has 166 valence electrons. The van der Waals surface area contributed by atoms with Crippen molar-refractivity contribution in [3.05, 3.63) is 29.1 Å². The molecule has 6 aliphatic rings. The van der Waals surface area contributed by atoms with E-state index in [2.05, 4.69) is 0 Å². The number of hydrogen-bond acceptors (Lipinski definition) is 3. The normalized spacial score (nSPS) is 37.7. The SMILES string of the molecule is O=C(O)[C@@H]1C[C@@H](F)CN1C(=O)c1cc(C2CC2)c(OCC23CC4CC2CC4C3)cc1F. The molecule has 5 aliphatic carbocycles. The Labute approximate surface area is 179 Å². The Hall–Kier alpha value is -2.18. The van der Waals surface area contributed by atoms with E-state index in [1.807, 2.05) is 0 Å². The maximum atomic E-state index is 15.0. The van der Waals surface area contributed by atoms with Gasteiger partial charge in [0, 0.05) is 17.9 Å². The van der Waals surface area contributed by atoms with Gasteiger partial charge in [0.2, 0.25) is 0 Å². The molecule has 1 N–H and O–H groups in total. The molecular formula is C24H27F2NO4. The third-order valence-electron chi connectivity index (χ3n) is 8.70. The van der Waals surface area contributed by atoms with E-state index < -0.39 is 29.9 Å². The summed E-state index contributed by atoms with van der Waals surface area (Å²) in [4.78, 5) is 25.4. The lowest BCUT2D eigenvalue weighted by Crippen LogP contribution is -2.41. The van der Waals surface area contributed by atoms with Crippen LogP contribution in [0.2, 0.25) is 0 Å². The van der Waals surface area contributed by atoms with E-state index in [1.54, 1.807) is 0 Å². The summed E-state index contributed by atoms with van der Waals surface area (Å²) in [5.74, 6) is 0.412. The number of rotatable bonds is 6. The number of carbonyl (C=O) groups excluding carboxylic acids is 1. The second-order valence-corrected chi connectivity index (χ2v) is 10.5. The molecular weight excluding hydrogens is 404 g/mol. The molecule has 0 spiro atoms. The van der Waals surface area contributed by atoms with Crippen molar-refractivity contribution in [3.63, 3.8) is 0 Å². The molecule has 7 rings (SSSR count). The van der Waals surface area contributed by atoms with Gasteiger partial charge >= 0.3 is 5.97 Å². The van der Waals surface area contributed by atoms with Gasteiger partial charge in [0.1, 0.15) is 23.8 Å². The molecule has 0 aromatic heterocycles. The quantitative estimate of drug-likeness (QED) is 0.735. The van der Waals surface area contributed by atoms with Crippen molar-refractivity contribution in [1.82, 2.24) is 4.90 Å². The molecule has 5 saturated carbocycles. The largest absolute Gasteiger partial charge is 0.493 e. The van der Waals surface area contributed by atoms with Gasteiger partial charge < -0.3 is 14.7 Å². The average molecular weight is 431 g/mol. The number of carboxylic acids is 1. The first-order chi connectivity index (χ1) is 14.8. The predicted octanol–water partition coefficient (Wildman–Crippen LogP) is 4.16. The van der Waals surface area contributed by atoms with Crippen LogP contribution in [0.3, 0.4) is 0 Å². The number of likely N-dealkylation sites (tertiary alicyclic amines) is 1. The fraction of sp³-hybridized carbons (Fsp3) is 0.667. The minimum atomic E-state index is -1.41. The standard InChI is InChI=1S/C24H27F2NO4/c25-16-5-20(23(29)30)27(10-16)22(28)18-6-17(12-1-2-12)21(7-19(18)26)31-11-24-8-13-3-15(24)4-14(13)9-24/h6-7,12-16,20H,1-5,8-11H2,(H,29,30)/t13?,14?,15?,16-,20+,24?/m1/s1. The monoisotopic (exact) mass is 431 g/mol. The highest BCUT2D eigenvalue weighted by Gasteiger charge is 2.63. The highest BCUT2D eigenvalue weighted by molar-refractivity contribution is 5.97. The molecule has 1 aromatic rings. The number of alkyl halides is 1. The summed E-state index contributed by atoms with van der Waals surface area (Å²) < 4.78 is 35.1. The molecule has 1 aliphatic heterocycles. The minimum absolute atomic E-state index is 0.184. The Bertz CT molecular complexity index is 947. The Morgan fingerprint density at radius 3 is 2.45 bits per heavy atom. The zero-order valence-electron chi connectivity index (χ0n) is 17.4. The van der Waals surface area contributed by atoms with Gasteiger partial charge in [0.15, 0.2) is 0 Å². The molecule has 1 aromatic carbocycles. The molecule has 31 heavy (non-hydrogen) atoms. The molecule has 1 saturated heterocycles. The molecule has 1 amide bonds. The molecule has 6 fully saturated rings. The number of carboxylic acid groups (broad SMARTS) is 1. The summed E-state index contributed by atoms with van der Waals surface area (Å²) in [7, 11) is 0. The van der Waals surface area contributed by atoms with Crippen molar-refractivity contribution in [2.75, 3.05) is 13.2 Å². The summed E-state index contributed by atoms with van der Waals surface area (Å²) in [6, 6.07) is 1.56. The Kier molecular flexibility index (Phi) is 4.19. The third-order valence-corrected chi connectivity index (χ3v) is 8.70. The van der Waals surface area contributed by atoms with Gasteiger partial charge in [-0.3, -0.25) is 4.79 Å². The predicted molar refractivity (Wildman–Crippen MR) is 107 cm³/mol. The van der Waals surface area contributed by atoms with E-state index in [0.717, 1.165) is 41.1 Å². The van der Waals surface area contributed by atoms with Crippen LogP contribution in [0.15, 0.2) is 12.1 Å². The van der Waals surface area contributed by atoms with Gasteiger partial charge in [-0.2, -0.15) is 0 Å². The molecule has 1 heterocycles. The van der Waals surface area contributed by atoms with Crippen LogP contribution in [0.1, 0.15) is 66.8 Å². The van der Waals surface area contributed by atoms with E-state index in [0.29, 0.717) is 12.4 Å². The molecule has 7 heteroatoms. The van der Waals surface area contributed by atoms with E-state index >= 15 is 4.39 Å². The zero-order chi connectivity index (χ0) is 21.5. The lowest BCUT2D eigenvalue weighted by molar-refractivity contribution is -0.141. The van der Waals surface area contributed by atoms with Crippen LogP contribution in [-0.2, 0) is 4.79 Å². The second-order valence-electron chi connectivity index (χ2n) is 10.5. The van der Waals surface area contributed by atoms with Gasteiger partial charge in [-0.1, -0.05) is 0 Å². The number of ether oxygens (including phenoxy) is 1. The van der Waals surface area contributed by atoms with E-state index in [-0.39, 0.29) is 29.9 Å². The van der Waals surface area contributed by atoms with Crippen LogP contribution >= 0.6 is 0 Å². The lowest BCUT2D eigenvalue weighted by Gasteiger charge is -2.29. The third kappa shape index (κ3) is 2.99. The topological polar surface area (TPSA) is 66.8 Å². The molecule has 4 atom stereocenters. The number of hydrogen-bond donors (Lipinski definition) is 1.